The second-order valence-corrected chi connectivity index (χ2v) is 6.21. The molecule has 0 N–H and O–H groups in total. The number of esters is 2. The van der Waals surface area contributed by atoms with Crippen molar-refractivity contribution in [1.29, 1.82) is 0 Å². The highest BCUT2D eigenvalue weighted by atomic mass is 35.5. The number of hydrogen-bond acceptors (Lipinski definition) is 4. The van der Waals surface area contributed by atoms with Gasteiger partial charge in [0.15, 0.2) is 0 Å². The monoisotopic (exact) mass is 400 g/mol. The van der Waals surface area contributed by atoms with E-state index in [-0.39, 0.29) is 37.8 Å². The Morgan fingerprint density at radius 3 is 1.83 bits per heavy atom. The van der Waals surface area contributed by atoms with Gasteiger partial charge < -0.3 is 9.47 Å². The standard InChI is InChI=1S/C15H16Cl4O4/c1-3-4-5-6-7-23-15(21)9-8(14(20)22-2)10(16)12(18)13(19)11(9)17/h3-7H2,1-2H3. The number of carbonyl (C=O) groups is 2. The van der Waals surface area contributed by atoms with Gasteiger partial charge in [-0.1, -0.05) is 72.6 Å². The van der Waals surface area contributed by atoms with Crippen molar-refractivity contribution in [2.75, 3.05) is 13.7 Å². The Hall–Kier alpha value is -0.680. The summed E-state index contributed by atoms with van der Waals surface area (Å²) in [6, 6.07) is 0. The molecule has 1 aromatic rings. The number of carbonyl (C=O) groups excluding carboxylic acids is 2. The van der Waals surface area contributed by atoms with Crippen molar-refractivity contribution in [3.05, 3.63) is 31.2 Å². The van der Waals surface area contributed by atoms with Gasteiger partial charge in [0, 0.05) is 0 Å². The van der Waals surface area contributed by atoms with Crippen LogP contribution in [0.4, 0.5) is 0 Å². The third kappa shape index (κ3) is 4.90. The summed E-state index contributed by atoms with van der Waals surface area (Å²) < 4.78 is 9.77. The maximum absolute atomic E-state index is 12.3. The highest BCUT2D eigenvalue weighted by molar-refractivity contribution is 6.54. The van der Waals surface area contributed by atoms with Crippen molar-refractivity contribution in [2.45, 2.75) is 32.6 Å². The van der Waals surface area contributed by atoms with Crippen molar-refractivity contribution < 1.29 is 19.1 Å². The molecular formula is C15H16Cl4O4. The quantitative estimate of drug-likeness (QED) is 0.250. The second-order valence-electron chi connectivity index (χ2n) is 4.69. The Morgan fingerprint density at radius 1 is 0.826 bits per heavy atom. The first-order valence-electron chi connectivity index (χ1n) is 6.98. The number of ether oxygens (including phenoxy) is 2. The maximum atomic E-state index is 12.3. The molecule has 0 aromatic heterocycles. The van der Waals surface area contributed by atoms with Gasteiger partial charge in [-0.15, -0.1) is 0 Å². The predicted octanol–water partition coefficient (Wildman–Crippen LogP) is 5.82. The lowest BCUT2D eigenvalue weighted by atomic mass is 10.1. The molecule has 0 bridgehead atoms. The third-order valence-corrected chi connectivity index (χ3v) is 4.89. The van der Waals surface area contributed by atoms with Gasteiger partial charge in [-0.2, -0.15) is 0 Å². The fourth-order valence-electron chi connectivity index (χ4n) is 1.88. The number of halogens is 4. The summed E-state index contributed by atoms with van der Waals surface area (Å²) in [6.45, 7) is 2.28. The Kier molecular flexibility index (Phi) is 8.48. The lowest BCUT2D eigenvalue weighted by Crippen LogP contribution is -2.15. The van der Waals surface area contributed by atoms with Crippen molar-refractivity contribution in [3.63, 3.8) is 0 Å². The van der Waals surface area contributed by atoms with Crippen LogP contribution in [-0.4, -0.2) is 25.7 Å². The highest BCUT2D eigenvalue weighted by Crippen LogP contribution is 2.42. The van der Waals surface area contributed by atoms with Crippen LogP contribution in [0.5, 0.6) is 0 Å². The minimum absolute atomic E-state index is 0.121. The molecule has 0 amide bonds. The summed E-state index contributed by atoms with van der Waals surface area (Å²) in [5.41, 5.74) is -0.500. The van der Waals surface area contributed by atoms with Crippen LogP contribution in [0.2, 0.25) is 20.1 Å². The van der Waals surface area contributed by atoms with Crippen LogP contribution < -0.4 is 0 Å². The van der Waals surface area contributed by atoms with Gasteiger partial charge >= 0.3 is 11.9 Å². The minimum Gasteiger partial charge on any atom is -0.465 e. The van der Waals surface area contributed by atoms with E-state index < -0.39 is 11.9 Å². The van der Waals surface area contributed by atoms with Crippen LogP contribution >= 0.6 is 46.4 Å². The van der Waals surface area contributed by atoms with Crippen LogP contribution in [0.25, 0.3) is 0 Å². The topological polar surface area (TPSA) is 52.6 Å². The van der Waals surface area contributed by atoms with E-state index in [1.165, 1.54) is 0 Å². The van der Waals surface area contributed by atoms with Crippen LogP contribution in [0.3, 0.4) is 0 Å². The lowest BCUT2D eigenvalue weighted by Gasteiger charge is -2.14. The van der Waals surface area contributed by atoms with Gasteiger partial charge in [0.2, 0.25) is 0 Å². The summed E-state index contributed by atoms with van der Waals surface area (Å²) in [4.78, 5) is 24.2. The van der Waals surface area contributed by atoms with Crippen molar-refractivity contribution in [2.24, 2.45) is 0 Å². The largest absolute Gasteiger partial charge is 0.465 e. The summed E-state index contributed by atoms with van der Waals surface area (Å²) in [7, 11) is 1.15. The molecule has 4 nitrogen and oxygen atoms in total. The molecule has 0 aliphatic heterocycles. The third-order valence-electron chi connectivity index (χ3n) is 3.09. The summed E-state index contributed by atoms with van der Waals surface area (Å²) in [6.07, 6.45) is 3.75. The Balaban J connectivity index is 3.13. The summed E-state index contributed by atoms with van der Waals surface area (Å²) in [5, 5.41) is -0.645. The van der Waals surface area contributed by atoms with Crippen molar-refractivity contribution in [3.8, 4) is 0 Å². The van der Waals surface area contributed by atoms with Gasteiger partial charge in [-0.05, 0) is 6.42 Å². The fraction of sp³-hybridized carbons (Fsp3) is 0.467. The molecule has 0 aliphatic carbocycles. The Bertz CT molecular complexity index is 602. The molecule has 0 fully saturated rings. The average Bonchev–Trinajstić information content (AvgIpc) is 2.54. The molecule has 1 rings (SSSR count). The highest BCUT2D eigenvalue weighted by Gasteiger charge is 2.30. The summed E-state index contributed by atoms with van der Waals surface area (Å²) in [5.74, 6) is -1.65. The van der Waals surface area contributed by atoms with Crippen LogP contribution in [0.1, 0.15) is 53.3 Å². The second kappa shape index (κ2) is 9.58. The molecule has 0 heterocycles. The Labute approximate surface area is 154 Å². The summed E-state index contributed by atoms with van der Waals surface area (Å²) >= 11 is 23.9. The van der Waals surface area contributed by atoms with Crippen LogP contribution in [0.15, 0.2) is 0 Å². The number of unbranched alkanes of at least 4 members (excludes halogenated alkanes) is 3. The zero-order chi connectivity index (χ0) is 17.6. The average molecular weight is 402 g/mol. The normalized spacial score (nSPS) is 10.5. The molecule has 0 aliphatic rings. The van der Waals surface area contributed by atoms with Crippen molar-refractivity contribution >= 4 is 58.3 Å². The van der Waals surface area contributed by atoms with Gasteiger partial charge in [0.1, 0.15) is 0 Å². The molecular weight excluding hydrogens is 386 g/mol. The molecule has 1 aromatic carbocycles. The molecule has 0 unspecified atom stereocenters. The van der Waals surface area contributed by atoms with E-state index in [1.54, 1.807) is 0 Å². The molecule has 8 heteroatoms. The molecule has 0 saturated heterocycles. The van der Waals surface area contributed by atoms with E-state index in [0.29, 0.717) is 6.42 Å². The zero-order valence-corrected chi connectivity index (χ0v) is 15.7. The van der Waals surface area contributed by atoms with Crippen LogP contribution in [0, 0.1) is 0 Å². The molecule has 0 radical (unpaired) electrons. The van der Waals surface area contributed by atoms with E-state index in [9.17, 15) is 9.59 Å². The first-order valence-corrected chi connectivity index (χ1v) is 8.49. The van der Waals surface area contributed by atoms with E-state index >= 15 is 0 Å². The molecule has 0 spiro atoms. The number of hydrogen-bond donors (Lipinski definition) is 0. The number of methoxy groups -OCH3 is 1. The minimum atomic E-state index is -0.853. The number of benzene rings is 1. The molecule has 0 saturated carbocycles. The SMILES string of the molecule is CCCCCCOC(=O)c1c(Cl)c(Cl)c(Cl)c(Cl)c1C(=O)OC. The first-order chi connectivity index (χ1) is 10.9. The first kappa shape index (κ1) is 20.4. The Morgan fingerprint density at radius 2 is 1.35 bits per heavy atom. The zero-order valence-electron chi connectivity index (χ0n) is 12.7. The molecule has 128 valence electrons. The van der Waals surface area contributed by atoms with Gasteiger partial charge in [-0.25, -0.2) is 9.59 Å². The molecule has 23 heavy (non-hydrogen) atoms. The van der Waals surface area contributed by atoms with Crippen LogP contribution in [-0.2, 0) is 9.47 Å². The van der Waals surface area contributed by atoms with Gasteiger partial charge in [0.25, 0.3) is 0 Å². The predicted molar refractivity (Wildman–Crippen MR) is 92.2 cm³/mol. The fourth-order valence-corrected chi connectivity index (χ4v) is 2.89. The lowest BCUT2D eigenvalue weighted by molar-refractivity contribution is 0.0480. The van der Waals surface area contributed by atoms with E-state index in [2.05, 4.69) is 11.7 Å². The number of rotatable bonds is 7. The van der Waals surface area contributed by atoms with Gasteiger partial charge in [0.05, 0.1) is 44.9 Å². The van der Waals surface area contributed by atoms with E-state index in [1.807, 2.05) is 0 Å². The van der Waals surface area contributed by atoms with Crippen molar-refractivity contribution in [1.82, 2.24) is 0 Å². The maximum Gasteiger partial charge on any atom is 0.340 e. The van der Waals surface area contributed by atoms with E-state index in [0.717, 1.165) is 26.4 Å². The molecule has 0 atom stereocenters. The smallest absolute Gasteiger partial charge is 0.340 e. The van der Waals surface area contributed by atoms with E-state index in [4.69, 9.17) is 51.1 Å². The van der Waals surface area contributed by atoms with Gasteiger partial charge in [-0.3, -0.25) is 0 Å².